The molecule has 0 aliphatic heterocycles. The van der Waals surface area contributed by atoms with Gasteiger partial charge in [0.05, 0.1) is 16.6 Å². The van der Waals surface area contributed by atoms with E-state index in [2.05, 4.69) is 5.32 Å². The van der Waals surface area contributed by atoms with Crippen LogP contribution in [0.15, 0.2) is 58.1 Å². The lowest BCUT2D eigenvalue weighted by molar-refractivity contribution is -0.122. The maximum atomic E-state index is 13.1. The zero-order valence-corrected chi connectivity index (χ0v) is 15.0. The van der Waals surface area contributed by atoms with Crippen molar-refractivity contribution in [2.24, 2.45) is 0 Å². The zero-order valence-electron chi connectivity index (χ0n) is 15.0. The molecular weight excluding hydrogens is 330 g/mol. The molecule has 0 atom stereocenters. The standard InChI is InChI=1S/C20H21N3O3/c1-13(2)21-18(24)12-22-17-10-5-4-9-16(17)19(25)23(20(22)26)15-8-6-7-14(3)11-15/h4-11,13H,12H2,1-3H3,(H,21,24). The fourth-order valence-corrected chi connectivity index (χ4v) is 2.98. The van der Waals surface area contributed by atoms with Gasteiger partial charge in [-0.05, 0) is 50.6 Å². The molecule has 0 unspecified atom stereocenters. The number of aromatic nitrogens is 2. The number of nitrogens with one attached hydrogen (secondary N) is 1. The summed E-state index contributed by atoms with van der Waals surface area (Å²) < 4.78 is 2.47. The SMILES string of the molecule is Cc1cccc(-n2c(=O)c3ccccc3n(CC(=O)NC(C)C)c2=O)c1. The first kappa shape index (κ1) is 17.7. The van der Waals surface area contributed by atoms with Crippen molar-refractivity contribution < 1.29 is 4.79 Å². The highest BCUT2D eigenvalue weighted by atomic mass is 16.2. The van der Waals surface area contributed by atoms with Gasteiger partial charge in [-0.25, -0.2) is 9.36 Å². The molecule has 0 saturated heterocycles. The van der Waals surface area contributed by atoms with Crippen LogP contribution >= 0.6 is 0 Å². The lowest BCUT2D eigenvalue weighted by Gasteiger charge is -2.15. The van der Waals surface area contributed by atoms with Gasteiger partial charge in [0, 0.05) is 6.04 Å². The van der Waals surface area contributed by atoms with E-state index >= 15 is 0 Å². The van der Waals surface area contributed by atoms with Crippen molar-refractivity contribution in [3.63, 3.8) is 0 Å². The number of para-hydroxylation sites is 1. The second-order valence-electron chi connectivity index (χ2n) is 6.59. The Morgan fingerprint density at radius 2 is 1.81 bits per heavy atom. The van der Waals surface area contributed by atoms with E-state index in [0.29, 0.717) is 16.6 Å². The third-order valence-electron chi connectivity index (χ3n) is 4.06. The summed E-state index contributed by atoms with van der Waals surface area (Å²) in [5.41, 5.74) is 0.954. The predicted molar refractivity (Wildman–Crippen MR) is 102 cm³/mol. The van der Waals surface area contributed by atoms with Crippen LogP contribution in [0.4, 0.5) is 0 Å². The Bertz CT molecular complexity index is 1090. The number of amides is 1. The maximum Gasteiger partial charge on any atom is 0.336 e. The van der Waals surface area contributed by atoms with E-state index in [1.54, 1.807) is 42.5 Å². The lowest BCUT2D eigenvalue weighted by Crippen LogP contribution is -2.42. The van der Waals surface area contributed by atoms with Crippen LogP contribution in [0, 0.1) is 6.92 Å². The molecule has 1 N–H and O–H groups in total. The molecule has 0 radical (unpaired) electrons. The van der Waals surface area contributed by atoms with Crippen molar-refractivity contribution >= 4 is 16.8 Å². The first-order valence-corrected chi connectivity index (χ1v) is 8.49. The average Bonchev–Trinajstić information content (AvgIpc) is 2.58. The van der Waals surface area contributed by atoms with Crippen molar-refractivity contribution in [1.29, 1.82) is 0 Å². The molecule has 0 aliphatic carbocycles. The van der Waals surface area contributed by atoms with Gasteiger partial charge < -0.3 is 5.32 Å². The van der Waals surface area contributed by atoms with E-state index < -0.39 is 11.2 Å². The molecule has 0 fully saturated rings. The normalized spacial score (nSPS) is 11.1. The Labute approximate surface area is 150 Å². The summed E-state index contributed by atoms with van der Waals surface area (Å²) in [6.45, 7) is 5.45. The van der Waals surface area contributed by atoms with Crippen molar-refractivity contribution in [3.8, 4) is 5.69 Å². The molecule has 3 aromatic rings. The first-order valence-electron chi connectivity index (χ1n) is 8.49. The number of carbonyl (C=O) groups is 1. The number of benzene rings is 2. The molecule has 2 aromatic carbocycles. The number of fused-ring (bicyclic) bond motifs is 1. The minimum Gasteiger partial charge on any atom is -0.352 e. The number of hydrogen-bond donors (Lipinski definition) is 1. The van der Waals surface area contributed by atoms with E-state index in [1.807, 2.05) is 26.8 Å². The van der Waals surface area contributed by atoms with Crippen molar-refractivity contribution in [2.45, 2.75) is 33.4 Å². The summed E-state index contributed by atoms with van der Waals surface area (Å²) in [5, 5.41) is 3.17. The van der Waals surface area contributed by atoms with Gasteiger partial charge in [0.2, 0.25) is 5.91 Å². The third-order valence-corrected chi connectivity index (χ3v) is 4.06. The van der Waals surface area contributed by atoms with Crippen LogP contribution in [0.1, 0.15) is 19.4 Å². The summed E-state index contributed by atoms with van der Waals surface area (Å²) in [6.07, 6.45) is 0. The summed E-state index contributed by atoms with van der Waals surface area (Å²) in [7, 11) is 0. The van der Waals surface area contributed by atoms with E-state index in [0.717, 1.165) is 10.1 Å². The Kier molecular flexibility index (Phi) is 4.75. The molecule has 6 heteroatoms. The second kappa shape index (κ2) is 7.00. The van der Waals surface area contributed by atoms with Gasteiger partial charge in [-0.15, -0.1) is 0 Å². The quantitative estimate of drug-likeness (QED) is 0.781. The average molecular weight is 351 g/mol. The topological polar surface area (TPSA) is 73.1 Å². The predicted octanol–water partition coefficient (Wildman–Crippen LogP) is 1.99. The number of nitrogens with zero attached hydrogens (tertiary/aromatic N) is 2. The van der Waals surface area contributed by atoms with Crippen molar-refractivity contribution in [2.75, 3.05) is 0 Å². The Morgan fingerprint density at radius 3 is 2.50 bits per heavy atom. The summed E-state index contributed by atoms with van der Waals surface area (Å²) in [5.74, 6) is -0.276. The van der Waals surface area contributed by atoms with Gasteiger partial charge in [-0.1, -0.05) is 24.3 Å². The number of carbonyl (C=O) groups excluding carboxylic acids is 1. The van der Waals surface area contributed by atoms with Gasteiger partial charge in [0.25, 0.3) is 5.56 Å². The number of aryl methyl sites for hydroxylation is 1. The fourth-order valence-electron chi connectivity index (χ4n) is 2.98. The smallest absolute Gasteiger partial charge is 0.336 e. The Morgan fingerprint density at radius 1 is 1.08 bits per heavy atom. The van der Waals surface area contributed by atoms with Crippen molar-refractivity contribution in [3.05, 3.63) is 74.9 Å². The summed E-state index contributed by atoms with van der Waals surface area (Å²) >= 11 is 0. The monoisotopic (exact) mass is 351 g/mol. The molecule has 0 saturated carbocycles. The van der Waals surface area contributed by atoms with E-state index in [1.165, 1.54) is 4.57 Å². The molecule has 0 aliphatic rings. The number of rotatable bonds is 4. The molecule has 6 nitrogen and oxygen atoms in total. The van der Waals surface area contributed by atoms with Crippen LogP contribution < -0.4 is 16.6 Å². The lowest BCUT2D eigenvalue weighted by atomic mass is 10.2. The molecule has 3 rings (SSSR count). The van der Waals surface area contributed by atoms with Gasteiger partial charge >= 0.3 is 5.69 Å². The van der Waals surface area contributed by atoms with Gasteiger partial charge in [0.1, 0.15) is 6.54 Å². The highest BCUT2D eigenvalue weighted by Crippen LogP contribution is 2.11. The molecule has 0 spiro atoms. The summed E-state index contributed by atoms with van der Waals surface area (Å²) in [4.78, 5) is 38.3. The van der Waals surface area contributed by atoms with Gasteiger partial charge in [0.15, 0.2) is 0 Å². The van der Waals surface area contributed by atoms with E-state index in [9.17, 15) is 14.4 Å². The van der Waals surface area contributed by atoms with E-state index in [4.69, 9.17) is 0 Å². The van der Waals surface area contributed by atoms with Crippen LogP contribution in [-0.4, -0.2) is 21.1 Å². The minimum atomic E-state index is -0.529. The minimum absolute atomic E-state index is 0.0351. The highest BCUT2D eigenvalue weighted by molar-refractivity contribution is 5.82. The molecule has 1 aromatic heterocycles. The van der Waals surface area contributed by atoms with Crippen LogP contribution in [0.3, 0.4) is 0 Å². The third kappa shape index (κ3) is 3.31. The molecule has 1 amide bonds. The van der Waals surface area contributed by atoms with Crippen LogP contribution in [-0.2, 0) is 11.3 Å². The molecule has 26 heavy (non-hydrogen) atoms. The largest absolute Gasteiger partial charge is 0.352 e. The van der Waals surface area contributed by atoms with Crippen molar-refractivity contribution in [1.82, 2.24) is 14.5 Å². The molecule has 0 bridgehead atoms. The van der Waals surface area contributed by atoms with Crippen LogP contribution in [0.5, 0.6) is 0 Å². The van der Waals surface area contributed by atoms with Gasteiger partial charge in [-0.3, -0.25) is 14.2 Å². The first-order chi connectivity index (χ1) is 12.4. The summed E-state index contributed by atoms with van der Waals surface area (Å²) in [6, 6.07) is 14.0. The van der Waals surface area contributed by atoms with Crippen LogP contribution in [0.25, 0.3) is 16.6 Å². The Hall–Kier alpha value is -3.15. The zero-order chi connectivity index (χ0) is 18.8. The van der Waals surface area contributed by atoms with E-state index in [-0.39, 0.29) is 18.5 Å². The van der Waals surface area contributed by atoms with Crippen LogP contribution in [0.2, 0.25) is 0 Å². The fraction of sp³-hybridized carbons (Fsp3) is 0.250. The second-order valence-corrected chi connectivity index (χ2v) is 6.59. The molecule has 134 valence electrons. The Balaban J connectivity index is 2.29. The maximum absolute atomic E-state index is 13.1. The molecular formula is C20H21N3O3. The molecule has 1 heterocycles. The number of hydrogen-bond acceptors (Lipinski definition) is 3. The highest BCUT2D eigenvalue weighted by Gasteiger charge is 2.16. The van der Waals surface area contributed by atoms with Gasteiger partial charge in [-0.2, -0.15) is 0 Å².